The van der Waals surface area contributed by atoms with Gasteiger partial charge in [-0.15, -0.1) is 11.3 Å². The van der Waals surface area contributed by atoms with Gasteiger partial charge in [-0.2, -0.15) is 4.99 Å². The number of morpholine rings is 1. The quantitative estimate of drug-likeness (QED) is 0.736. The molecule has 0 aromatic carbocycles. The van der Waals surface area contributed by atoms with Gasteiger partial charge in [0.05, 0.1) is 25.9 Å². The van der Waals surface area contributed by atoms with E-state index in [1.54, 1.807) is 0 Å². The predicted octanol–water partition coefficient (Wildman–Crippen LogP) is 1.68. The predicted molar refractivity (Wildman–Crippen MR) is 107 cm³/mol. The van der Waals surface area contributed by atoms with Crippen LogP contribution in [0.3, 0.4) is 0 Å². The molecule has 0 bridgehead atoms. The van der Waals surface area contributed by atoms with Gasteiger partial charge in [-0.05, 0) is 24.8 Å². The van der Waals surface area contributed by atoms with E-state index in [4.69, 9.17) is 9.47 Å². The van der Waals surface area contributed by atoms with Crippen molar-refractivity contribution in [2.45, 2.75) is 30.9 Å². The van der Waals surface area contributed by atoms with Gasteiger partial charge in [-0.3, -0.25) is 9.59 Å². The van der Waals surface area contributed by atoms with Gasteiger partial charge in [0.2, 0.25) is 5.91 Å². The molecule has 2 aliphatic heterocycles. The number of ether oxygens (including phenoxy) is 2. The zero-order valence-corrected chi connectivity index (χ0v) is 17.1. The summed E-state index contributed by atoms with van der Waals surface area (Å²) < 4.78 is 10.2. The van der Waals surface area contributed by atoms with Gasteiger partial charge in [0.15, 0.2) is 5.17 Å². The number of hydrogen-bond donors (Lipinski definition) is 1. The molecule has 1 aromatic heterocycles. The summed E-state index contributed by atoms with van der Waals surface area (Å²) >= 11 is 2.75. The fourth-order valence-corrected chi connectivity index (χ4v) is 5.97. The Bertz CT molecular complexity index is 845. The molecule has 1 saturated heterocycles. The summed E-state index contributed by atoms with van der Waals surface area (Å²) in [5.41, 5.74) is 1.44. The fraction of sp³-hybridized carbons (Fsp3) is 0.556. The number of rotatable bonds is 4. The summed E-state index contributed by atoms with van der Waals surface area (Å²) in [6, 6.07) is 0. The number of carbonyl (C=O) groups is 3. The molecule has 1 fully saturated rings. The molecule has 3 aliphatic rings. The van der Waals surface area contributed by atoms with E-state index < -0.39 is 11.2 Å². The number of aliphatic imine (C=N–C) groups is 1. The van der Waals surface area contributed by atoms with Gasteiger partial charge in [0, 0.05) is 24.4 Å². The van der Waals surface area contributed by atoms with Gasteiger partial charge in [-0.25, -0.2) is 4.79 Å². The zero-order chi connectivity index (χ0) is 19.7. The maximum atomic E-state index is 12.6. The van der Waals surface area contributed by atoms with Crippen molar-refractivity contribution in [3.05, 3.63) is 16.0 Å². The number of methoxy groups -OCH3 is 1. The van der Waals surface area contributed by atoms with Crippen molar-refractivity contribution in [2.24, 2.45) is 4.99 Å². The molecule has 0 saturated carbocycles. The number of nitrogens with one attached hydrogen (secondary N) is 1. The van der Waals surface area contributed by atoms with Gasteiger partial charge < -0.3 is 19.7 Å². The maximum Gasteiger partial charge on any atom is 0.341 e. The van der Waals surface area contributed by atoms with Gasteiger partial charge in [0.1, 0.15) is 10.3 Å². The van der Waals surface area contributed by atoms with E-state index in [0.717, 1.165) is 29.7 Å². The van der Waals surface area contributed by atoms with E-state index in [9.17, 15) is 14.4 Å². The van der Waals surface area contributed by atoms with Crippen molar-refractivity contribution in [3.63, 3.8) is 0 Å². The Labute approximate surface area is 170 Å². The average molecular weight is 424 g/mol. The van der Waals surface area contributed by atoms with E-state index in [2.05, 4.69) is 10.3 Å². The molecule has 8 nitrogen and oxygen atoms in total. The summed E-state index contributed by atoms with van der Waals surface area (Å²) in [5.74, 6) is -1.02. The molecule has 10 heteroatoms. The molecule has 28 heavy (non-hydrogen) atoms. The van der Waals surface area contributed by atoms with E-state index in [-0.39, 0.29) is 18.2 Å². The highest BCUT2D eigenvalue weighted by Crippen LogP contribution is 2.39. The first-order valence-electron chi connectivity index (χ1n) is 9.21. The number of carbonyl (C=O) groups excluding carboxylic acids is 3. The highest BCUT2D eigenvalue weighted by molar-refractivity contribution is 8.15. The Morgan fingerprint density at radius 1 is 1.32 bits per heavy atom. The largest absolute Gasteiger partial charge is 0.465 e. The fourth-order valence-electron chi connectivity index (χ4n) is 3.56. The third-order valence-electron chi connectivity index (χ3n) is 4.95. The smallest absolute Gasteiger partial charge is 0.341 e. The lowest BCUT2D eigenvalue weighted by molar-refractivity contribution is -0.121. The maximum absolute atomic E-state index is 12.6. The van der Waals surface area contributed by atoms with Crippen molar-refractivity contribution >= 4 is 51.1 Å². The van der Waals surface area contributed by atoms with Crippen LogP contribution >= 0.6 is 23.1 Å². The van der Waals surface area contributed by atoms with Crippen LogP contribution < -0.4 is 5.32 Å². The molecular formula is C18H21N3O5S2. The Hall–Kier alpha value is -1.91. The molecule has 150 valence electrons. The third kappa shape index (κ3) is 3.81. The van der Waals surface area contributed by atoms with Crippen molar-refractivity contribution in [1.82, 2.24) is 4.90 Å². The normalized spacial score (nSPS) is 21.5. The van der Waals surface area contributed by atoms with E-state index in [0.29, 0.717) is 42.0 Å². The number of anilines is 1. The molecule has 1 aromatic rings. The van der Waals surface area contributed by atoms with Gasteiger partial charge in [-0.1, -0.05) is 11.8 Å². The first-order valence-corrected chi connectivity index (χ1v) is 10.9. The third-order valence-corrected chi connectivity index (χ3v) is 7.37. The lowest BCUT2D eigenvalue weighted by Crippen LogP contribution is -2.39. The molecule has 1 aliphatic carbocycles. The minimum atomic E-state index is -0.536. The lowest BCUT2D eigenvalue weighted by Gasteiger charge is -2.27. The average Bonchev–Trinajstić information content (AvgIpc) is 3.37. The highest BCUT2D eigenvalue weighted by atomic mass is 32.2. The lowest BCUT2D eigenvalue weighted by atomic mass is 10.1. The molecule has 3 heterocycles. The molecule has 1 N–H and O–H groups in total. The topological polar surface area (TPSA) is 97.3 Å². The molecule has 0 radical (unpaired) electrons. The van der Waals surface area contributed by atoms with Crippen molar-refractivity contribution in [1.29, 1.82) is 0 Å². The second kappa shape index (κ2) is 8.22. The first kappa shape index (κ1) is 19.4. The van der Waals surface area contributed by atoms with Crippen molar-refractivity contribution in [3.8, 4) is 0 Å². The van der Waals surface area contributed by atoms with Crippen LogP contribution in [-0.4, -0.2) is 66.5 Å². The number of thioether (sulfide) groups is 1. The van der Waals surface area contributed by atoms with E-state index >= 15 is 0 Å². The monoisotopic (exact) mass is 423 g/mol. The Morgan fingerprint density at radius 3 is 2.86 bits per heavy atom. The summed E-state index contributed by atoms with van der Waals surface area (Å²) in [6.45, 7) is 2.61. The summed E-state index contributed by atoms with van der Waals surface area (Å²) in [6.07, 6.45) is 2.76. The van der Waals surface area contributed by atoms with Crippen LogP contribution in [0.4, 0.5) is 5.00 Å². The minimum absolute atomic E-state index is 0.0179. The minimum Gasteiger partial charge on any atom is -0.465 e. The van der Waals surface area contributed by atoms with Crippen molar-refractivity contribution < 1.29 is 23.9 Å². The van der Waals surface area contributed by atoms with Crippen LogP contribution in [0.2, 0.25) is 0 Å². The van der Waals surface area contributed by atoms with Crippen LogP contribution in [0.1, 0.15) is 33.6 Å². The second-order valence-corrected chi connectivity index (χ2v) is 9.02. The van der Waals surface area contributed by atoms with Crippen LogP contribution in [-0.2, 0) is 31.9 Å². The van der Waals surface area contributed by atoms with Crippen LogP contribution in [0.15, 0.2) is 4.99 Å². The van der Waals surface area contributed by atoms with Crippen LogP contribution in [0.5, 0.6) is 0 Å². The SMILES string of the molecule is COC(=O)c1c(NC(=O)C[C@H]2SC(N3CCOCC3)=NC2=O)sc2c1CCC2. The number of amidine groups is 1. The molecule has 4 rings (SSSR count). The Balaban J connectivity index is 1.40. The zero-order valence-electron chi connectivity index (χ0n) is 15.5. The number of amides is 2. The standard InChI is InChI=1S/C18H21N3O5S2/c1-25-17(24)14-10-3-2-4-11(10)27-16(14)19-13(22)9-12-15(23)20-18(28-12)21-5-7-26-8-6-21/h12H,2-9H2,1H3,(H,19,22)/t12-/m1/s1. The Morgan fingerprint density at radius 2 is 2.11 bits per heavy atom. The number of aryl methyl sites for hydroxylation is 1. The number of thiophene rings is 1. The van der Waals surface area contributed by atoms with Gasteiger partial charge >= 0.3 is 5.97 Å². The molecule has 0 spiro atoms. The number of hydrogen-bond acceptors (Lipinski definition) is 8. The molecule has 1 atom stereocenters. The number of esters is 1. The van der Waals surface area contributed by atoms with E-state index in [1.165, 1.54) is 30.2 Å². The number of fused-ring (bicyclic) bond motifs is 1. The molecule has 2 amide bonds. The first-order chi connectivity index (χ1) is 13.6. The summed E-state index contributed by atoms with van der Waals surface area (Å²) in [4.78, 5) is 44.3. The Kier molecular flexibility index (Phi) is 5.70. The molecular weight excluding hydrogens is 402 g/mol. The van der Waals surface area contributed by atoms with Crippen LogP contribution in [0.25, 0.3) is 0 Å². The highest BCUT2D eigenvalue weighted by Gasteiger charge is 2.34. The second-order valence-electron chi connectivity index (χ2n) is 6.74. The summed E-state index contributed by atoms with van der Waals surface area (Å²) in [7, 11) is 1.34. The van der Waals surface area contributed by atoms with E-state index in [1.807, 2.05) is 4.90 Å². The van der Waals surface area contributed by atoms with Gasteiger partial charge in [0.25, 0.3) is 5.91 Å². The number of nitrogens with zero attached hydrogens (tertiary/aromatic N) is 2. The summed E-state index contributed by atoms with van der Waals surface area (Å²) in [5, 5.41) is 3.47. The molecule has 0 unspecified atom stereocenters. The van der Waals surface area contributed by atoms with Crippen LogP contribution in [0, 0.1) is 0 Å². The van der Waals surface area contributed by atoms with Crippen molar-refractivity contribution in [2.75, 3.05) is 38.7 Å².